The number of aryl methyl sites for hydroxylation is 1. The summed E-state index contributed by atoms with van der Waals surface area (Å²) in [5.41, 5.74) is 2.45. The fourth-order valence-corrected chi connectivity index (χ4v) is 3.35. The normalized spacial score (nSPS) is 11.5. The van der Waals surface area contributed by atoms with Crippen molar-refractivity contribution in [2.45, 2.75) is 18.4 Å². The Bertz CT molecular complexity index is 847. The quantitative estimate of drug-likeness (QED) is 0.737. The summed E-state index contributed by atoms with van der Waals surface area (Å²) < 4.78 is 27.2. The average molecular weight is 375 g/mol. The number of carbonyl (C=O) groups excluding carboxylic acids is 1. The number of sulfonamides is 1. The van der Waals surface area contributed by atoms with Crippen LogP contribution < -0.4 is 10.0 Å². The molecular weight excluding hydrogens is 350 g/mol. The minimum Gasteiger partial charge on any atom is -0.348 e. The smallest absolute Gasteiger partial charge is 0.251 e. The number of nitrogens with one attached hydrogen (secondary N) is 2. The summed E-state index contributed by atoms with van der Waals surface area (Å²) in [4.78, 5) is 14.3. The SMILES string of the molecule is Cc1ccc(CNC(=O)c2cccc(S(=O)(=O)NCCN(C)C)c2)cc1. The first-order valence-electron chi connectivity index (χ1n) is 8.36. The predicted molar refractivity (Wildman–Crippen MR) is 103 cm³/mol. The van der Waals surface area contributed by atoms with Gasteiger partial charge in [-0.2, -0.15) is 0 Å². The van der Waals surface area contributed by atoms with Crippen molar-refractivity contribution in [1.82, 2.24) is 14.9 Å². The lowest BCUT2D eigenvalue weighted by Crippen LogP contribution is -2.31. The molecule has 0 saturated carbocycles. The van der Waals surface area contributed by atoms with E-state index in [1.807, 2.05) is 50.2 Å². The molecule has 0 spiro atoms. The van der Waals surface area contributed by atoms with Gasteiger partial charge in [-0.15, -0.1) is 0 Å². The Morgan fingerprint density at radius 2 is 1.77 bits per heavy atom. The monoisotopic (exact) mass is 375 g/mol. The van der Waals surface area contributed by atoms with Crippen molar-refractivity contribution in [2.24, 2.45) is 0 Å². The van der Waals surface area contributed by atoms with Crippen LogP contribution in [0.15, 0.2) is 53.4 Å². The maximum atomic E-state index is 12.3. The van der Waals surface area contributed by atoms with E-state index < -0.39 is 10.0 Å². The van der Waals surface area contributed by atoms with Gasteiger partial charge in [0.1, 0.15) is 0 Å². The highest BCUT2D eigenvalue weighted by Gasteiger charge is 2.16. The third-order valence-electron chi connectivity index (χ3n) is 3.83. The Morgan fingerprint density at radius 3 is 2.42 bits per heavy atom. The van der Waals surface area contributed by atoms with Crippen molar-refractivity contribution in [1.29, 1.82) is 0 Å². The fraction of sp³-hybridized carbons (Fsp3) is 0.316. The summed E-state index contributed by atoms with van der Waals surface area (Å²) in [6, 6.07) is 13.9. The van der Waals surface area contributed by atoms with Gasteiger partial charge in [-0.25, -0.2) is 13.1 Å². The molecule has 0 aromatic heterocycles. The minimum absolute atomic E-state index is 0.0826. The van der Waals surface area contributed by atoms with Gasteiger partial charge in [0.05, 0.1) is 4.90 Å². The Labute approximate surface area is 155 Å². The van der Waals surface area contributed by atoms with Gasteiger partial charge < -0.3 is 10.2 Å². The maximum absolute atomic E-state index is 12.3. The molecule has 26 heavy (non-hydrogen) atoms. The molecule has 0 aliphatic rings. The lowest BCUT2D eigenvalue weighted by molar-refractivity contribution is 0.0950. The van der Waals surface area contributed by atoms with Gasteiger partial charge in [0.15, 0.2) is 0 Å². The summed E-state index contributed by atoms with van der Waals surface area (Å²) >= 11 is 0. The van der Waals surface area contributed by atoms with Gasteiger partial charge in [-0.3, -0.25) is 4.79 Å². The topological polar surface area (TPSA) is 78.5 Å². The number of hydrogen-bond donors (Lipinski definition) is 2. The Kier molecular flexibility index (Phi) is 6.90. The maximum Gasteiger partial charge on any atom is 0.251 e. The number of likely N-dealkylation sites (N-methyl/N-ethyl adjacent to an activating group) is 1. The molecule has 2 aromatic rings. The van der Waals surface area contributed by atoms with E-state index in [0.717, 1.165) is 11.1 Å². The van der Waals surface area contributed by atoms with E-state index in [0.29, 0.717) is 25.2 Å². The van der Waals surface area contributed by atoms with Crippen LogP contribution >= 0.6 is 0 Å². The third-order valence-corrected chi connectivity index (χ3v) is 5.29. The van der Waals surface area contributed by atoms with Crippen LogP contribution in [0.2, 0.25) is 0 Å². The van der Waals surface area contributed by atoms with Gasteiger partial charge in [0.25, 0.3) is 5.91 Å². The van der Waals surface area contributed by atoms with Crippen molar-refractivity contribution < 1.29 is 13.2 Å². The lowest BCUT2D eigenvalue weighted by atomic mass is 10.1. The molecule has 0 saturated heterocycles. The van der Waals surface area contributed by atoms with Gasteiger partial charge in [-0.05, 0) is 44.8 Å². The van der Waals surface area contributed by atoms with E-state index in [1.54, 1.807) is 12.1 Å². The highest BCUT2D eigenvalue weighted by Crippen LogP contribution is 2.12. The van der Waals surface area contributed by atoms with Crippen molar-refractivity contribution >= 4 is 15.9 Å². The van der Waals surface area contributed by atoms with Gasteiger partial charge in [0.2, 0.25) is 10.0 Å². The first-order valence-corrected chi connectivity index (χ1v) is 9.84. The minimum atomic E-state index is -3.64. The van der Waals surface area contributed by atoms with Crippen LogP contribution in [0.5, 0.6) is 0 Å². The molecule has 2 rings (SSSR count). The van der Waals surface area contributed by atoms with Crippen LogP contribution in [-0.4, -0.2) is 46.4 Å². The van der Waals surface area contributed by atoms with Crippen LogP contribution in [0.25, 0.3) is 0 Å². The lowest BCUT2D eigenvalue weighted by Gasteiger charge is -2.12. The molecule has 0 aliphatic heterocycles. The van der Waals surface area contributed by atoms with E-state index >= 15 is 0 Å². The molecule has 0 radical (unpaired) electrons. The summed E-state index contributed by atoms with van der Waals surface area (Å²) in [7, 11) is 0.0962. The van der Waals surface area contributed by atoms with Gasteiger partial charge >= 0.3 is 0 Å². The molecular formula is C19H25N3O3S. The van der Waals surface area contributed by atoms with Crippen LogP contribution in [-0.2, 0) is 16.6 Å². The molecule has 0 bridgehead atoms. The van der Waals surface area contributed by atoms with Crippen LogP contribution in [0.3, 0.4) is 0 Å². The zero-order chi connectivity index (χ0) is 19.2. The van der Waals surface area contributed by atoms with Gasteiger partial charge in [0, 0.05) is 25.2 Å². The summed E-state index contributed by atoms with van der Waals surface area (Å²) in [5, 5.41) is 2.81. The number of hydrogen-bond acceptors (Lipinski definition) is 4. The molecule has 1 amide bonds. The van der Waals surface area contributed by atoms with Crippen LogP contribution in [0, 0.1) is 6.92 Å². The Hall–Kier alpha value is -2.22. The Balaban J connectivity index is 2.02. The van der Waals surface area contributed by atoms with Gasteiger partial charge in [-0.1, -0.05) is 35.9 Å². The number of rotatable bonds is 8. The molecule has 2 N–H and O–H groups in total. The molecule has 0 heterocycles. The summed E-state index contributed by atoms with van der Waals surface area (Å²) in [6.07, 6.45) is 0. The summed E-state index contributed by atoms with van der Waals surface area (Å²) in [6.45, 7) is 3.28. The first-order chi connectivity index (χ1) is 12.3. The van der Waals surface area contributed by atoms with Crippen LogP contribution in [0.1, 0.15) is 21.5 Å². The first kappa shape index (κ1) is 20.1. The zero-order valence-corrected chi connectivity index (χ0v) is 16.1. The van der Waals surface area contributed by atoms with Crippen molar-refractivity contribution in [2.75, 3.05) is 27.2 Å². The standard InChI is InChI=1S/C19H25N3O3S/c1-15-7-9-16(10-8-15)14-20-19(23)17-5-4-6-18(13-17)26(24,25)21-11-12-22(2)3/h4-10,13,21H,11-12,14H2,1-3H3,(H,20,23). The molecule has 0 aliphatic carbocycles. The number of benzene rings is 2. The molecule has 2 aromatic carbocycles. The molecule has 0 unspecified atom stereocenters. The van der Waals surface area contributed by atoms with Crippen LogP contribution in [0.4, 0.5) is 0 Å². The highest BCUT2D eigenvalue weighted by molar-refractivity contribution is 7.89. The van der Waals surface area contributed by atoms with E-state index in [4.69, 9.17) is 0 Å². The number of carbonyl (C=O) groups is 1. The Morgan fingerprint density at radius 1 is 1.08 bits per heavy atom. The number of nitrogens with zero attached hydrogens (tertiary/aromatic N) is 1. The highest BCUT2D eigenvalue weighted by atomic mass is 32.2. The van der Waals surface area contributed by atoms with Crippen molar-refractivity contribution in [3.63, 3.8) is 0 Å². The van der Waals surface area contributed by atoms with Crippen molar-refractivity contribution in [3.05, 3.63) is 65.2 Å². The van der Waals surface area contributed by atoms with E-state index in [9.17, 15) is 13.2 Å². The third kappa shape index (κ3) is 5.94. The average Bonchev–Trinajstić information content (AvgIpc) is 2.60. The van der Waals surface area contributed by atoms with E-state index in [1.165, 1.54) is 12.1 Å². The van der Waals surface area contributed by atoms with E-state index in [-0.39, 0.29) is 10.8 Å². The molecule has 7 heteroatoms. The molecule has 140 valence electrons. The second kappa shape index (κ2) is 8.93. The molecule has 0 atom stereocenters. The summed E-state index contributed by atoms with van der Waals surface area (Å²) in [5.74, 6) is -0.309. The second-order valence-electron chi connectivity index (χ2n) is 6.40. The largest absolute Gasteiger partial charge is 0.348 e. The van der Waals surface area contributed by atoms with E-state index in [2.05, 4.69) is 10.0 Å². The second-order valence-corrected chi connectivity index (χ2v) is 8.16. The molecule has 0 fully saturated rings. The van der Waals surface area contributed by atoms with Crippen molar-refractivity contribution in [3.8, 4) is 0 Å². The zero-order valence-electron chi connectivity index (χ0n) is 15.3. The number of amides is 1. The molecule has 6 nitrogen and oxygen atoms in total. The predicted octanol–water partition coefficient (Wildman–Crippen LogP) is 1.76. The fourth-order valence-electron chi connectivity index (χ4n) is 2.28.